The largest absolute Gasteiger partial charge is 0.494 e. The van der Waals surface area contributed by atoms with Crippen molar-refractivity contribution < 1.29 is 41.7 Å². The van der Waals surface area contributed by atoms with E-state index in [1.165, 1.54) is 60.7 Å². The Bertz CT molecular complexity index is 1900. The van der Waals surface area contributed by atoms with Gasteiger partial charge in [-0.05, 0) is 110 Å². The minimum Gasteiger partial charge on any atom is -0.494 e. The predicted molar refractivity (Wildman–Crippen MR) is 194 cm³/mol. The molecule has 9 nitrogen and oxygen atoms in total. The van der Waals surface area contributed by atoms with Crippen molar-refractivity contribution in [1.29, 1.82) is 0 Å². The minimum absolute atomic E-state index is 0.0173. The van der Waals surface area contributed by atoms with Gasteiger partial charge in [-0.2, -0.15) is 0 Å². The van der Waals surface area contributed by atoms with Crippen molar-refractivity contribution in [1.82, 2.24) is 0 Å². The Balaban J connectivity index is 1.03. The summed E-state index contributed by atoms with van der Waals surface area (Å²) in [5, 5.41) is 0. The SMILES string of the molecule is CCC1(COCCCCOc2ccc(C=CC(=O)Oc3ccc(S(=O)(=O)c4ccc(OC(=O)C=Cc5ccc(C)cc5)cc4)cc3)cc2)COC1. The minimum atomic E-state index is -3.87. The van der Waals surface area contributed by atoms with E-state index < -0.39 is 21.8 Å². The lowest BCUT2D eigenvalue weighted by molar-refractivity contribution is -0.150. The highest BCUT2D eigenvalue weighted by Crippen LogP contribution is 2.31. The molecule has 266 valence electrons. The fourth-order valence-electron chi connectivity index (χ4n) is 5.06. The Morgan fingerprint density at radius 1 is 0.686 bits per heavy atom. The molecule has 0 saturated carbocycles. The van der Waals surface area contributed by atoms with Gasteiger partial charge in [-0.25, -0.2) is 18.0 Å². The van der Waals surface area contributed by atoms with Crippen LogP contribution in [0.5, 0.6) is 17.2 Å². The molecule has 0 aliphatic carbocycles. The molecule has 0 unspecified atom stereocenters. The summed E-state index contributed by atoms with van der Waals surface area (Å²) in [6.45, 7) is 7.77. The van der Waals surface area contributed by atoms with Gasteiger partial charge < -0.3 is 23.7 Å². The highest BCUT2D eigenvalue weighted by atomic mass is 32.2. The van der Waals surface area contributed by atoms with E-state index in [4.69, 9.17) is 23.7 Å². The van der Waals surface area contributed by atoms with Crippen LogP contribution in [0.2, 0.25) is 0 Å². The molecule has 51 heavy (non-hydrogen) atoms. The second-order valence-electron chi connectivity index (χ2n) is 12.4. The van der Waals surface area contributed by atoms with Gasteiger partial charge in [0.05, 0.1) is 36.2 Å². The Kier molecular flexibility index (Phi) is 13.0. The first-order valence-electron chi connectivity index (χ1n) is 16.8. The monoisotopic (exact) mass is 710 g/mol. The molecule has 4 aromatic carbocycles. The Labute approximate surface area is 299 Å². The van der Waals surface area contributed by atoms with Crippen LogP contribution in [0, 0.1) is 12.3 Å². The van der Waals surface area contributed by atoms with Gasteiger partial charge in [0, 0.05) is 24.2 Å². The summed E-state index contributed by atoms with van der Waals surface area (Å²) < 4.78 is 54.0. The predicted octanol–water partition coefficient (Wildman–Crippen LogP) is 7.67. The number of hydrogen-bond donors (Lipinski definition) is 0. The molecule has 0 bridgehead atoms. The van der Waals surface area contributed by atoms with Gasteiger partial charge >= 0.3 is 11.9 Å². The molecule has 0 spiro atoms. The summed E-state index contributed by atoms with van der Waals surface area (Å²) in [5.41, 5.74) is 2.97. The van der Waals surface area contributed by atoms with Gasteiger partial charge in [0.25, 0.3) is 0 Å². The van der Waals surface area contributed by atoms with Crippen molar-refractivity contribution in [2.45, 2.75) is 42.9 Å². The number of carbonyl (C=O) groups is 2. The second kappa shape index (κ2) is 17.8. The maximum atomic E-state index is 13.2. The van der Waals surface area contributed by atoms with E-state index in [2.05, 4.69) is 6.92 Å². The second-order valence-corrected chi connectivity index (χ2v) is 14.3. The first-order chi connectivity index (χ1) is 24.6. The lowest BCUT2D eigenvalue weighted by Crippen LogP contribution is -2.45. The molecule has 1 heterocycles. The molecule has 4 aromatic rings. The van der Waals surface area contributed by atoms with Gasteiger partial charge in [-0.3, -0.25) is 0 Å². The summed E-state index contributed by atoms with van der Waals surface area (Å²) in [7, 11) is -3.87. The quantitative estimate of drug-likeness (QED) is 0.0471. The van der Waals surface area contributed by atoms with Gasteiger partial charge in [-0.15, -0.1) is 0 Å². The molecule has 0 amide bonds. The van der Waals surface area contributed by atoms with E-state index >= 15 is 0 Å². The molecular formula is C41H42O9S. The number of ether oxygens (including phenoxy) is 5. The molecule has 0 aromatic heterocycles. The Morgan fingerprint density at radius 2 is 1.16 bits per heavy atom. The highest BCUT2D eigenvalue weighted by Gasteiger charge is 2.36. The number of benzene rings is 4. The van der Waals surface area contributed by atoms with Crippen LogP contribution in [0.15, 0.2) is 119 Å². The third-order valence-corrected chi connectivity index (χ3v) is 10.2. The molecule has 5 rings (SSSR count). The zero-order chi connectivity index (χ0) is 36.1. The van der Waals surface area contributed by atoms with E-state index in [1.54, 1.807) is 12.2 Å². The maximum absolute atomic E-state index is 13.2. The number of esters is 2. The average Bonchev–Trinajstić information content (AvgIpc) is 3.12. The fourth-order valence-corrected chi connectivity index (χ4v) is 6.32. The van der Waals surface area contributed by atoms with Crippen LogP contribution >= 0.6 is 0 Å². The van der Waals surface area contributed by atoms with Crippen molar-refractivity contribution in [2.24, 2.45) is 5.41 Å². The van der Waals surface area contributed by atoms with E-state index in [9.17, 15) is 18.0 Å². The van der Waals surface area contributed by atoms with Crippen LogP contribution in [-0.2, 0) is 28.9 Å². The molecule has 1 aliphatic rings. The Hall–Kier alpha value is -5.03. The van der Waals surface area contributed by atoms with E-state index in [0.29, 0.717) is 13.2 Å². The topological polar surface area (TPSA) is 114 Å². The zero-order valence-corrected chi connectivity index (χ0v) is 29.6. The fraction of sp³-hybridized carbons (Fsp3) is 0.268. The first kappa shape index (κ1) is 37.2. The number of sulfone groups is 1. The van der Waals surface area contributed by atoms with Gasteiger partial charge in [0.2, 0.25) is 9.84 Å². The molecule has 10 heteroatoms. The highest BCUT2D eigenvalue weighted by molar-refractivity contribution is 7.91. The lowest BCUT2D eigenvalue weighted by Gasteiger charge is -2.40. The molecule has 1 saturated heterocycles. The van der Waals surface area contributed by atoms with Crippen molar-refractivity contribution in [3.8, 4) is 17.2 Å². The summed E-state index contributed by atoms with van der Waals surface area (Å²) in [5.74, 6) is -0.0518. The number of aryl methyl sites for hydroxylation is 1. The summed E-state index contributed by atoms with van der Waals surface area (Å²) >= 11 is 0. The molecule has 0 N–H and O–H groups in total. The summed E-state index contributed by atoms with van der Waals surface area (Å²) in [4.78, 5) is 24.7. The average molecular weight is 711 g/mol. The Morgan fingerprint density at radius 3 is 1.63 bits per heavy atom. The van der Waals surface area contributed by atoms with Crippen LogP contribution in [0.1, 0.15) is 42.9 Å². The van der Waals surface area contributed by atoms with Crippen molar-refractivity contribution >= 4 is 33.9 Å². The molecule has 1 fully saturated rings. The number of unbranched alkanes of at least 4 members (excludes halogenated alkanes) is 1. The van der Waals surface area contributed by atoms with Gasteiger partial charge in [0.15, 0.2) is 0 Å². The zero-order valence-electron chi connectivity index (χ0n) is 28.8. The van der Waals surface area contributed by atoms with Gasteiger partial charge in [0.1, 0.15) is 17.2 Å². The lowest BCUT2D eigenvalue weighted by atomic mass is 9.84. The maximum Gasteiger partial charge on any atom is 0.336 e. The van der Waals surface area contributed by atoms with E-state index in [-0.39, 0.29) is 26.7 Å². The normalized spacial score (nSPS) is 13.9. The number of rotatable bonds is 17. The van der Waals surface area contributed by atoms with Crippen molar-refractivity contribution in [3.63, 3.8) is 0 Å². The number of carbonyl (C=O) groups excluding carboxylic acids is 2. The molecular weight excluding hydrogens is 669 g/mol. The standard InChI is InChI=1S/C41H42O9S/c1-3-41(29-47-30-41)28-46-26-4-5-27-48-34-14-10-33(11-15-34)13-25-40(43)50-36-18-22-38(23-19-36)51(44,45)37-20-16-35(17-21-37)49-39(42)24-12-32-8-6-31(2)7-9-32/h6-25H,3-5,26-30H2,1-2H3. The van der Waals surface area contributed by atoms with Crippen LogP contribution in [0.4, 0.5) is 0 Å². The first-order valence-corrected chi connectivity index (χ1v) is 18.3. The van der Waals surface area contributed by atoms with Crippen LogP contribution in [0.25, 0.3) is 12.2 Å². The summed E-state index contributed by atoms with van der Waals surface area (Å²) in [6.07, 6.45) is 8.75. The van der Waals surface area contributed by atoms with Crippen LogP contribution in [0.3, 0.4) is 0 Å². The third kappa shape index (κ3) is 11.0. The molecule has 0 radical (unpaired) electrons. The van der Waals surface area contributed by atoms with Crippen LogP contribution in [-0.4, -0.2) is 53.4 Å². The van der Waals surface area contributed by atoms with Crippen molar-refractivity contribution in [2.75, 3.05) is 33.0 Å². The van der Waals surface area contributed by atoms with E-state index in [0.717, 1.165) is 61.5 Å². The molecule has 0 atom stereocenters. The van der Waals surface area contributed by atoms with Gasteiger partial charge in [-0.1, -0.05) is 48.9 Å². The molecule has 1 aliphatic heterocycles. The number of hydrogen-bond acceptors (Lipinski definition) is 9. The summed E-state index contributed by atoms with van der Waals surface area (Å²) in [6, 6.07) is 26.1. The smallest absolute Gasteiger partial charge is 0.336 e. The van der Waals surface area contributed by atoms with E-state index in [1.807, 2.05) is 55.5 Å². The third-order valence-electron chi connectivity index (χ3n) is 8.41. The van der Waals surface area contributed by atoms with Crippen molar-refractivity contribution in [3.05, 3.63) is 126 Å². The van der Waals surface area contributed by atoms with Crippen LogP contribution < -0.4 is 14.2 Å².